The molecule has 24 heavy (non-hydrogen) atoms. The van der Waals surface area contributed by atoms with Crippen molar-refractivity contribution < 1.29 is 4.79 Å². The molecule has 7 nitrogen and oxygen atoms in total. The number of amides is 1. The normalized spacial score (nSPS) is 17.9. The van der Waals surface area contributed by atoms with Gasteiger partial charge in [-0.25, -0.2) is 9.78 Å². The fraction of sp³-hybridized carbons (Fsp3) is 0.500. The smallest absolute Gasteiger partial charge is 0.331 e. The van der Waals surface area contributed by atoms with E-state index in [1.54, 1.807) is 11.3 Å². The van der Waals surface area contributed by atoms with E-state index in [1.807, 2.05) is 17.2 Å². The summed E-state index contributed by atoms with van der Waals surface area (Å²) in [4.78, 5) is 42.7. The molecule has 2 aromatic heterocycles. The van der Waals surface area contributed by atoms with Gasteiger partial charge in [0.15, 0.2) is 0 Å². The number of thiazole rings is 1. The van der Waals surface area contributed by atoms with E-state index in [1.165, 1.54) is 23.9 Å². The summed E-state index contributed by atoms with van der Waals surface area (Å²) in [6.45, 7) is 2.55. The Labute approximate surface area is 143 Å². The Balaban J connectivity index is 1.84. The highest BCUT2D eigenvalue weighted by molar-refractivity contribution is 7.09. The largest absolute Gasteiger partial charge is 0.332 e. The van der Waals surface area contributed by atoms with E-state index in [0.717, 1.165) is 34.5 Å². The van der Waals surface area contributed by atoms with Crippen LogP contribution in [-0.4, -0.2) is 31.5 Å². The molecule has 3 rings (SSSR count). The SMILES string of the molecule is Cc1csc([C@H]2CCCCN2C(=O)Cn2ccc(=O)n(C)c2=O)n1. The lowest BCUT2D eigenvalue weighted by atomic mass is 10.0. The van der Waals surface area contributed by atoms with E-state index in [0.29, 0.717) is 6.54 Å². The highest BCUT2D eigenvalue weighted by Crippen LogP contribution is 2.32. The molecule has 0 aromatic carbocycles. The molecule has 0 saturated carbocycles. The number of carbonyl (C=O) groups is 1. The van der Waals surface area contributed by atoms with Crippen molar-refractivity contribution in [2.24, 2.45) is 7.05 Å². The van der Waals surface area contributed by atoms with E-state index >= 15 is 0 Å². The number of piperidine rings is 1. The highest BCUT2D eigenvalue weighted by atomic mass is 32.1. The molecule has 0 unspecified atom stereocenters. The molecule has 1 atom stereocenters. The Kier molecular flexibility index (Phi) is 4.66. The van der Waals surface area contributed by atoms with Gasteiger partial charge < -0.3 is 4.90 Å². The number of aryl methyl sites for hydroxylation is 1. The van der Waals surface area contributed by atoms with E-state index in [4.69, 9.17) is 0 Å². The van der Waals surface area contributed by atoms with Gasteiger partial charge in [0, 0.05) is 36.9 Å². The van der Waals surface area contributed by atoms with Crippen LogP contribution < -0.4 is 11.2 Å². The highest BCUT2D eigenvalue weighted by Gasteiger charge is 2.30. The quantitative estimate of drug-likeness (QED) is 0.831. The molecule has 1 aliphatic heterocycles. The first-order chi connectivity index (χ1) is 11.5. The Hall–Kier alpha value is -2.22. The fourth-order valence-corrected chi connectivity index (χ4v) is 3.93. The Morgan fingerprint density at radius 2 is 2.17 bits per heavy atom. The van der Waals surface area contributed by atoms with E-state index < -0.39 is 5.69 Å². The lowest BCUT2D eigenvalue weighted by Gasteiger charge is -2.34. The second-order valence-corrected chi connectivity index (χ2v) is 6.94. The Morgan fingerprint density at radius 3 is 2.88 bits per heavy atom. The fourth-order valence-electron chi connectivity index (χ4n) is 2.99. The molecule has 1 aliphatic rings. The minimum atomic E-state index is -0.477. The van der Waals surface area contributed by atoms with Gasteiger partial charge in [-0.15, -0.1) is 11.3 Å². The lowest BCUT2D eigenvalue weighted by Crippen LogP contribution is -2.44. The lowest BCUT2D eigenvalue weighted by molar-refractivity contribution is -0.135. The monoisotopic (exact) mass is 348 g/mol. The molecular weight excluding hydrogens is 328 g/mol. The van der Waals surface area contributed by atoms with Gasteiger partial charge in [0.05, 0.1) is 6.04 Å². The van der Waals surface area contributed by atoms with Crippen LogP contribution in [0.1, 0.15) is 36.0 Å². The van der Waals surface area contributed by atoms with Gasteiger partial charge >= 0.3 is 5.69 Å². The van der Waals surface area contributed by atoms with Crippen molar-refractivity contribution in [1.29, 1.82) is 0 Å². The summed E-state index contributed by atoms with van der Waals surface area (Å²) in [5.74, 6) is -0.117. The van der Waals surface area contributed by atoms with Gasteiger partial charge in [0.25, 0.3) is 5.56 Å². The molecular formula is C16H20N4O3S. The van der Waals surface area contributed by atoms with Crippen molar-refractivity contribution >= 4 is 17.2 Å². The zero-order chi connectivity index (χ0) is 17.3. The van der Waals surface area contributed by atoms with Gasteiger partial charge in [-0.1, -0.05) is 0 Å². The first-order valence-electron chi connectivity index (χ1n) is 7.95. The van der Waals surface area contributed by atoms with Crippen molar-refractivity contribution in [3.63, 3.8) is 0 Å². The topological polar surface area (TPSA) is 77.2 Å². The summed E-state index contributed by atoms with van der Waals surface area (Å²) in [6, 6.07) is 1.28. The van der Waals surface area contributed by atoms with Gasteiger partial charge in [-0.3, -0.25) is 18.7 Å². The second-order valence-electron chi connectivity index (χ2n) is 6.05. The van der Waals surface area contributed by atoms with Crippen LogP contribution in [0.2, 0.25) is 0 Å². The minimum Gasteiger partial charge on any atom is -0.332 e. The average Bonchev–Trinajstić information content (AvgIpc) is 3.01. The van der Waals surface area contributed by atoms with Gasteiger partial charge in [0.2, 0.25) is 5.91 Å². The predicted molar refractivity (Wildman–Crippen MR) is 91.1 cm³/mol. The third kappa shape index (κ3) is 3.19. The standard InChI is InChI=1S/C16H20N4O3S/c1-11-10-24-15(17-11)12-5-3-4-7-20(12)14(22)9-19-8-6-13(21)18(2)16(19)23/h6,8,10,12H,3-5,7,9H2,1-2H3/t12-/m1/s1. The number of rotatable bonds is 3. The molecule has 1 amide bonds. The Morgan fingerprint density at radius 1 is 1.38 bits per heavy atom. The average molecular weight is 348 g/mol. The van der Waals surface area contributed by atoms with Crippen LogP contribution in [-0.2, 0) is 18.4 Å². The van der Waals surface area contributed by atoms with Crippen LogP contribution in [0.4, 0.5) is 0 Å². The number of likely N-dealkylation sites (tertiary alicyclic amines) is 1. The van der Waals surface area contributed by atoms with Crippen molar-refractivity contribution in [2.75, 3.05) is 6.54 Å². The third-order valence-corrected chi connectivity index (χ3v) is 5.37. The summed E-state index contributed by atoms with van der Waals surface area (Å²) in [7, 11) is 1.41. The zero-order valence-corrected chi connectivity index (χ0v) is 14.6. The molecule has 128 valence electrons. The molecule has 3 heterocycles. The van der Waals surface area contributed by atoms with Crippen LogP contribution in [0.15, 0.2) is 27.2 Å². The Bertz CT molecular complexity index is 867. The maximum absolute atomic E-state index is 12.8. The van der Waals surface area contributed by atoms with E-state index in [2.05, 4.69) is 4.98 Å². The van der Waals surface area contributed by atoms with Crippen molar-refractivity contribution in [3.05, 3.63) is 49.2 Å². The summed E-state index contributed by atoms with van der Waals surface area (Å²) in [6.07, 6.45) is 4.29. The van der Waals surface area contributed by atoms with Crippen LogP contribution in [0.3, 0.4) is 0 Å². The van der Waals surface area contributed by atoms with E-state index in [-0.39, 0.29) is 24.1 Å². The van der Waals surface area contributed by atoms with Gasteiger partial charge in [-0.05, 0) is 26.2 Å². The van der Waals surface area contributed by atoms with Crippen molar-refractivity contribution in [3.8, 4) is 0 Å². The molecule has 0 spiro atoms. The summed E-state index contributed by atoms with van der Waals surface area (Å²) >= 11 is 1.57. The number of aromatic nitrogens is 3. The van der Waals surface area contributed by atoms with Gasteiger partial charge in [-0.2, -0.15) is 0 Å². The maximum Gasteiger partial charge on any atom is 0.331 e. The van der Waals surface area contributed by atoms with Crippen LogP contribution in [0.25, 0.3) is 0 Å². The molecule has 0 bridgehead atoms. The summed E-state index contributed by atoms with van der Waals surface area (Å²) < 4.78 is 2.29. The molecule has 1 saturated heterocycles. The van der Waals surface area contributed by atoms with Crippen molar-refractivity contribution in [1.82, 2.24) is 19.0 Å². The van der Waals surface area contributed by atoms with Crippen LogP contribution in [0, 0.1) is 6.92 Å². The van der Waals surface area contributed by atoms with E-state index in [9.17, 15) is 14.4 Å². The minimum absolute atomic E-state index is 0.0202. The van der Waals surface area contributed by atoms with Crippen molar-refractivity contribution in [2.45, 2.75) is 38.8 Å². The maximum atomic E-state index is 12.8. The molecule has 0 radical (unpaired) electrons. The number of nitrogens with zero attached hydrogens (tertiary/aromatic N) is 4. The number of hydrogen-bond acceptors (Lipinski definition) is 5. The first-order valence-corrected chi connectivity index (χ1v) is 8.83. The van der Waals surface area contributed by atoms with Crippen LogP contribution >= 0.6 is 11.3 Å². The molecule has 1 fully saturated rings. The summed E-state index contributed by atoms with van der Waals surface area (Å²) in [5.41, 5.74) is 0.106. The summed E-state index contributed by atoms with van der Waals surface area (Å²) in [5, 5.41) is 2.94. The third-order valence-electron chi connectivity index (χ3n) is 4.31. The zero-order valence-electron chi connectivity index (χ0n) is 13.8. The molecule has 0 aliphatic carbocycles. The molecule has 0 N–H and O–H groups in total. The number of carbonyl (C=O) groups excluding carboxylic acids is 1. The molecule has 2 aromatic rings. The van der Waals surface area contributed by atoms with Gasteiger partial charge in [0.1, 0.15) is 11.6 Å². The molecule has 8 heteroatoms. The predicted octanol–water partition coefficient (Wildman–Crippen LogP) is 1.07. The second kappa shape index (κ2) is 6.72. The first kappa shape index (κ1) is 16.6. The van der Waals surface area contributed by atoms with Crippen LogP contribution in [0.5, 0.6) is 0 Å². The number of hydrogen-bond donors (Lipinski definition) is 0.